The summed E-state index contributed by atoms with van der Waals surface area (Å²) in [7, 11) is 0. The summed E-state index contributed by atoms with van der Waals surface area (Å²) >= 11 is 0. The maximum Gasteiger partial charge on any atom is 0.306 e. The van der Waals surface area contributed by atoms with E-state index in [0.29, 0.717) is 49.1 Å². The summed E-state index contributed by atoms with van der Waals surface area (Å²) in [5.41, 5.74) is 2.57. The molecule has 5 aliphatic rings. The number of ketones is 2. The third kappa shape index (κ3) is 7.28. The van der Waals surface area contributed by atoms with Gasteiger partial charge in [-0.2, -0.15) is 0 Å². The van der Waals surface area contributed by atoms with Crippen molar-refractivity contribution in [3.05, 3.63) is 95.9 Å². The molecular formula is C48H54FN3O10. The summed E-state index contributed by atoms with van der Waals surface area (Å²) in [6.07, 6.45) is 6.38. The number of anilines is 1. The number of rotatable bonds is 13. The van der Waals surface area contributed by atoms with Crippen molar-refractivity contribution in [1.29, 1.82) is 0 Å². The molecule has 4 N–H and O–H groups in total. The van der Waals surface area contributed by atoms with Crippen LogP contribution < -0.4 is 11.1 Å². The van der Waals surface area contributed by atoms with Gasteiger partial charge in [-0.1, -0.05) is 48.9 Å². The predicted molar refractivity (Wildman–Crippen MR) is 225 cm³/mol. The second-order valence-electron chi connectivity index (χ2n) is 18.4. The van der Waals surface area contributed by atoms with Crippen LogP contribution in [0.4, 0.5) is 10.1 Å². The predicted octanol–water partition coefficient (Wildman–Crippen LogP) is 6.11. The molecular weight excluding hydrogens is 798 g/mol. The Morgan fingerprint density at radius 2 is 1.74 bits per heavy atom. The summed E-state index contributed by atoms with van der Waals surface area (Å²) in [4.78, 5) is 69.8. The molecule has 1 aliphatic heterocycles. The molecule has 1 amide bonds. The molecule has 2 aromatic carbocycles. The van der Waals surface area contributed by atoms with E-state index < -0.39 is 82.2 Å². The minimum absolute atomic E-state index is 0.0682. The van der Waals surface area contributed by atoms with Crippen LogP contribution in [0.2, 0.25) is 0 Å². The van der Waals surface area contributed by atoms with E-state index in [2.05, 4.69) is 10.3 Å². The number of amides is 1. The fourth-order valence-electron chi connectivity index (χ4n) is 11.4. The Bertz CT molecular complexity index is 2370. The minimum atomic E-state index is -2.11. The third-order valence-corrected chi connectivity index (χ3v) is 14.4. The average molecular weight is 852 g/mol. The highest BCUT2D eigenvalue weighted by Gasteiger charge is 2.80. The molecule has 2 heterocycles. The first-order valence-electron chi connectivity index (χ1n) is 21.4. The van der Waals surface area contributed by atoms with Crippen LogP contribution in [0.3, 0.4) is 0 Å². The summed E-state index contributed by atoms with van der Waals surface area (Å²) < 4.78 is 41.4. The highest BCUT2D eigenvalue weighted by Crippen LogP contribution is 2.72. The number of hydrogen-bond acceptors (Lipinski definition) is 12. The van der Waals surface area contributed by atoms with Crippen molar-refractivity contribution >= 4 is 45.9 Å². The number of aromatic nitrogens is 1. The molecule has 1 aromatic heterocycles. The number of nitrogens with two attached hydrogens (primary N) is 1. The van der Waals surface area contributed by atoms with E-state index in [4.69, 9.17) is 24.7 Å². The zero-order chi connectivity index (χ0) is 44.2. The maximum atomic E-state index is 17.7. The molecule has 0 radical (unpaired) electrons. The van der Waals surface area contributed by atoms with Crippen LogP contribution in [-0.4, -0.2) is 81.9 Å². The van der Waals surface area contributed by atoms with E-state index in [1.807, 2.05) is 31.2 Å². The summed E-state index contributed by atoms with van der Waals surface area (Å²) in [5, 5.41) is 16.7. The fourth-order valence-corrected chi connectivity index (χ4v) is 11.4. The van der Waals surface area contributed by atoms with Crippen molar-refractivity contribution in [2.24, 2.45) is 28.4 Å². The molecule has 62 heavy (non-hydrogen) atoms. The Balaban J connectivity index is 0.854. The number of carbonyl (C=O) groups excluding carboxylic acids is 5. The van der Waals surface area contributed by atoms with Gasteiger partial charge in [-0.05, 0) is 112 Å². The number of Topliss-reactive ketones (excluding diaryl/α,β-unsaturated/α-hetero) is 1. The number of fused-ring (bicyclic) bond motifs is 8. The van der Waals surface area contributed by atoms with Gasteiger partial charge in [0.1, 0.15) is 6.61 Å². The SMILES string of the molecule is CC1(C)O[C@@H]2C[C@H]3[C@@H]4CCC5=CC(=O)C=C[C@]5(C)[C@@]4(F)[C@@H](O)C[C@]3(C)[C@]2(C(=O)COC(=O)CCC(=O)OCc2ccc(C(CCN)C(=O)Nc3ccc4cnccc4c3)cc2)O1. The minimum Gasteiger partial charge on any atom is -0.461 e. The molecule has 14 heteroatoms. The van der Waals surface area contributed by atoms with Crippen molar-refractivity contribution in [3.8, 4) is 0 Å². The number of allylic oxidation sites excluding steroid dienone is 4. The van der Waals surface area contributed by atoms with E-state index in [9.17, 15) is 29.1 Å². The zero-order valence-corrected chi connectivity index (χ0v) is 35.5. The Morgan fingerprint density at radius 3 is 2.48 bits per heavy atom. The lowest BCUT2D eigenvalue weighted by Crippen LogP contribution is -2.70. The van der Waals surface area contributed by atoms with Gasteiger partial charge in [0.15, 0.2) is 29.4 Å². The molecule has 13 nitrogen and oxygen atoms in total. The van der Waals surface area contributed by atoms with Crippen LogP contribution in [-0.2, 0) is 49.5 Å². The molecule has 1 unspecified atom stereocenters. The van der Waals surface area contributed by atoms with E-state index in [-0.39, 0.29) is 37.6 Å². The lowest BCUT2D eigenvalue weighted by molar-refractivity contribution is -0.246. The molecule has 3 saturated carbocycles. The van der Waals surface area contributed by atoms with Gasteiger partial charge < -0.3 is 35.1 Å². The van der Waals surface area contributed by atoms with Gasteiger partial charge in [-0.3, -0.25) is 29.0 Å². The molecule has 0 spiro atoms. The first-order chi connectivity index (χ1) is 29.4. The Labute approximate surface area is 359 Å². The van der Waals surface area contributed by atoms with Crippen LogP contribution in [0.25, 0.3) is 10.8 Å². The maximum absolute atomic E-state index is 17.7. The highest BCUT2D eigenvalue weighted by molar-refractivity contribution is 6.01. The molecule has 0 bridgehead atoms. The van der Waals surface area contributed by atoms with Crippen molar-refractivity contribution in [2.75, 3.05) is 18.5 Å². The van der Waals surface area contributed by atoms with E-state index in [1.165, 1.54) is 12.2 Å². The van der Waals surface area contributed by atoms with E-state index in [0.717, 1.165) is 16.3 Å². The smallest absolute Gasteiger partial charge is 0.306 e. The number of halogens is 1. The quantitative estimate of drug-likeness (QED) is 0.167. The average Bonchev–Trinajstić information content (AvgIpc) is 3.66. The number of aliphatic hydroxyl groups is 1. The Morgan fingerprint density at radius 1 is 1.00 bits per heavy atom. The van der Waals surface area contributed by atoms with Crippen molar-refractivity contribution < 1.29 is 52.4 Å². The van der Waals surface area contributed by atoms with E-state index in [1.54, 1.807) is 63.5 Å². The Hall–Kier alpha value is -5.15. The number of alkyl halides is 1. The molecule has 1 saturated heterocycles. The normalized spacial score (nSPS) is 32.1. The number of nitrogens with one attached hydrogen (secondary N) is 1. The molecule has 328 valence electrons. The number of nitrogens with zero attached hydrogens (tertiary/aromatic N) is 1. The Kier molecular flexibility index (Phi) is 11.4. The van der Waals surface area contributed by atoms with Crippen molar-refractivity contribution in [1.82, 2.24) is 4.98 Å². The van der Waals surface area contributed by atoms with Gasteiger partial charge in [-0.15, -0.1) is 0 Å². The van der Waals surface area contributed by atoms with Gasteiger partial charge >= 0.3 is 11.9 Å². The fraction of sp³-hybridized carbons (Fsp3) is 0.500. The zero-order valence-electron chi connectivity index (χ0n) is 35.5. The number of carbonyl (C=O) groups is 5. The number of benzene rings is 2. The molecule has 4 fully saturated rings. The van der Waals surface area contributed by atoms with Crippen LogP contribution in [0.1, 0.15) is 89.7 Å². The van der Waals surface area contributed by atoms with E-state index >= 15 is 4.39 Å². The lowest BCUT2D eigenvalue weighted by Gasteiger charge is -2.62. The summed E-state index contributed by atoms with van der Waals surface area (Å²) in [6, 6.07) is 14.6. The highest BCUT2D eigenvalue weighted by atomic mass is 19.1. The standard InChI is InChI=1S/C48H54FN3O10/c1-44(2)61-40-23-37-36-12-10-32-22-34(53)15-18-45(32,3)47(36,49)38(54)24-46(37,4)48(40,62-44)39(55)27-60-42(57)14-13-41(56)59-26-28-5-7-29(8-6-28)35(16-19-50)43(58)52-33-11-9-31-25-51-20-17-30(31)21-33/h5-9,11,15,17-18,20-22,25,35-38,40,54H,10,12-14,16,19,23-24,26-27,50H2,1-4H3,(H,52,58)/t35?,36-,37-,38-,40+,45-,46-,47-,48+/m0/s1. The number of ether oxygens (including phenoxy) is 4. The van der Waals surface area contributed by atoms with Gasteiger partial charge in [0.2, 0.25) is 11.7 Å². The first-order valence-corrected chi connectivity index (χ1v) is 21.4. The second-order valence-corrected chi connectivity index (χ2v) is 18.4. The van der Waals surface area contributed by atoms with Crippen LogP contribution in [0.15, 0.2) is 84.7 Å². The first kappa shape index (κ1) is 43.5. The van der Waals surface area contributed by atoms with Crippen LogP contribution >= 0.6 is 0 Å². The monoisotopic (exact) mass is 851 g/mol. The number of aliphatic hydroxyl groups excluding tert-OH is 1. The largest absolute Gasteiger partial charge is 0.461 e. The summed E-state index contributed by atoms with van der Waals surface area (Å²) in [5.74, 6) is -5.20. The molecule has 8 rings (SSSR count). The number of pyridine rings is 1. The van der Waals surface area contributed by atoms with Crippen LogP contribution in [0, 0.1) is 22.7 Å². The number of esters is 2. The third-order valence-electron chi connectivity index (χ3n) is 14.4. The summed E-state index contributed by atoms with van der Waals surface area (Å²) in [6.45, 7) is 6.51. The van der Waals surface area contributed by atoms with Crippen molar-refractivity contribution in [3.63, 3.8) is 0 Å². The van der Waals surface area contributed by atoms with Gasteiger partial charge in [0.25, 0.3) is 0 Å². The molecule has 3 aromatic rings. The van der Waals surface area contributed by atoms with Crippen LogP contribution in [0.5, 0.6) is 0 Å². The van der Waals surface area contributed by atoms with Gasteiger partial charge in [-0.25, -0.2) is 4.39 Å². The number of hydrogen-bond donors (Lipinski definition) is 3. The van der Waals surface area contributed by atoms with Gasteiger partial charge in [0.05, 0.1) is 31.0 Å². The van der Waals surface area contributed by atoms with Crippen molar-refractivity contribution in [2.45, 2.75) is 114 Å². The lowest BCUT2D eigenvalue weighted by atomic mass is 9.44. The van der Waals surface area contributed by atoms with Gasteiger partial charge in [0, 0.05) is 40.2 Å². The second kappa shape index (κ2) is 16.2. The molecule has 9 atom stereocenters. The topological polar surface area (TPSA) is 193 Å². The molecule has 4 aliphatic carbocycles.